The van der Waals surface area contributed by atoms with E-state index in [2.05, 4.69) is 0 Å². The lowest BCUT2D eigenvalue weighted by Crippen LogP contribution is -2.53. The number of nitrogens with zero attached hydrogens (tertiary/aromatic N) is 1. The zero-order chi connectivity index (χ0) is 13.9. The summed E-state index contributed by atoms with van der Waals surface area (Å²) in [6.45, 7) is 0.302. The predicted molar refractivity (Wildman–Crippen MR) is 69.1 cm³/mol. The molecular formula is C14H17NO4. The molecule has 2 N–H and O–H groups in total. The number of aliphatic carboxylic acids is 1. The number of carboxylic acids is 1. The van der Waals surface area contributed by atoms with E-state index in [4.69, 9.17) is 5.11 Å². The van der Waals surface area contributed by atoms with Crippen LogP contribution in [0, 0.1) is 0 Å². The smallest absolute Gasteiger partial charge is 0.408 e. The molecular weight excluding hydrogens is 246 g/mol. The summed E-state index contributed by atoms with van der Waals surface area (Å²) < 4.78 is 0. The van der Waals surface area contributed by atoms with Gasteiger partial charge < -0.3 is 10.2 Å². The fraction of sp³-hybridized carbons (Fsp3) is 0.429. The second kappa shape index (κ2) is 5.30. The summed E-state index contributed by atoms with van der Waals surface area (Å²) in [4.78, 5) is 23.8. The minimum atomic E-state index is -1.26. The largest absolute Gasteiger partial charge is 0.479 e. The summed E-state index contributed by atoms with van der Waals surface area (Å²) in [6, 6.07) is 9.54. The van der Waals surface area contributed by atoms with Gasteiger partial charge in [0.15, 0.2) is 0 Å². The topological polar surface area (TPSA) is 77.8 Å². The lowest BCUT2D eigenvalue weighted by molar-refractivity contribution is -0.149. The minimum Gasteiger partial charge on any atom is -0.479 e. The Kier molecular flexibility index (Phi) is 3.74. The lowest BCUT2D eigenvalue weighted by Gasteiger charge is -2.32. The van der Waals surface area contributed by atoms with E-state index < -0.39 is 17.6 Å². The first-order chi connectivity index (χ1) is 9.06. The van der Waals surface area contributed by atoms with E-state index in [1.807, 2.05) is 30.3 Å². The van der Waals surface area contributed by atoms with Crippen molar-refractivity contribution >= 4 is 12.1 Å². The molecule has 1 aromatic rings. The van der Waals surface area contributed by atoms with Gasteiger partial charge in [-0.1, -0.05) is 30.3 Å². The summed E-state index contributed by atoms with van der Waals surface area (Å²) >= 11 is 0. The highest BCUT2D eigenvalue weighted by Crippen LogP contribution is 2.34. The van der Waals surface area contributed by atoms with Crippen molar-refractivity contribution in [2.45, 2.75) is 31.2 Å². The Morgan fingerprint density at radius 2 is 1.89 bits per heavy atom. The Labute approximate surface area is 111 Å². The van der Waals surface area contributed by atoms with E-state index in [0.717, 1.165) is 10.5 Å². The van der Waals surface area contributed by atoms with Crippen molar-refractivity contribution in [1.29, 1.82) is 0 Å². The summed E-state index contributed by atoms with van der Waals surface area (Å²) in [5.74, 6) is -1.04. The second-order valence-corrected chi connectivity index (χ2v) is 4.86. The number of carboxylic acid groups (broad SMARTS) is 2. The van der Waals surface area contributed by atoms with Crippen LogP contribution in [-0.2, 0) is 11.2 Å². The average Bonchev–Trinajstić information content (AvgIpc) is 2.83. The predicted octanol–water partition coefficient (Wildman–Crippen LogP) is 2.22. The number of hydrogen-bond donors (Lipinski definition) is 2. The molecule has 1 heterocycles. The van der Waals surface area contributed by atoms with Gasteiger partial charge in [-0.05, 0) is 31.2 Å². The quantitative estimate of drug-likeness (QED) is 0.873. The second-order valence-electron chi connectivity index (χ2n) is 4.86. The van der Waals surface area contributed by atoms with Gasteiger partial charge in [-0.2, -0.15) is 0 Å². The molecule has 1 aliphatic rings. The molecule has 1 amide bonds. The van der Waals surface area contributed by atoms with E-state index >= 15 is 0 Å². The van der Waals surface area contributed by atoms with Crippen molar-refractivity contribution in [1.82, 2.24) is 4.90 Å². The van der Waals surface area contributed by atoms with E-state index in [9.17, 15) is 14.7 Å². The van der Waals surface area contributed by atoms with Crippen LogP contribution in [0.4, 0.5) is 4.79 Å². The Morgan fingerprint density at radius 3 is 2.47 bits per heavy atom. The van der Waals surface area contributed by atoms with Crippen molar-refractivity contribution in [3.8, 4) is 0 Å². The van der Waals surface area contributed by atoms with Crippen LogP contribution in [0.5, 0.6) is 0 Å². The third-order valence-electron chi connectivity index (χ3n) is 3.79. The van der Waals surface area contributed by atoms with Crippen LogP contribution in [0.1, 0.15) is 24.8 Å². The Bertz CT molecular complexity index is 474. The summed E-state index contributed by atoms with van der Waals surface area (Å²) in [5, 5.41) is 18.6. The molecule has 1 aromatic carbocycles. The Balaban J connectivity index is 2.16. The summed E-state index contributed by atoms with van der Waals surface area (Å²) in [7, 11) is 0. The van der Waals surface area contributed by atoms with Gasteiger partial charge in [-0.3, -0.25) is 4.90 Å². The van der Waals surface area contributed by atoms with E-state index in [1.54, 1.807) is 0 Å². The lowest BCUT2D eigenvalue weighted by atomic mass is 9.89. The van der Waals surface area contributed by atoms with Crippen molar-refractivity contribution in [2.24, 2.45) is 0 Å². The normalized spacial score (nSPS) is 22.4. The summed E-state index contributed by atoms with van der Waals surface area (Å²) in [5.41, 5.74) is -0.234. The summed E-state index contributed by atoms with van der Waals surface area (Å²) in [6.07, 6.45) is 0.734. The molecule has 2 rings (SSSR count). The van der Waals surface area contributed by atoms with Crippen LogP contribution in [-0.4, -0.2) is 39.3 Å². The molecule has 5 nitrogen and oxygen atoms in total. The molecule has 1 aliphatic heterocycles. The highest BCUT2D eigenvalue weighted by molar-refractivity contribution is 5.84. The number of carbonyl (C=O) groups is 2. The van der Waals surface area contributed by atoms with Crippen molar-refractivity contribution < 1.29 is 19.8 Å². The van der Waals surface area contributed by atoms with Gasteiger partial charge in [0, 0.05) is 6.54 Å². The first kappa shape index (κ1) is 13.4. The SMILES string of the molecule is O=C(O)N1CCC[C@]1(CCc1ccccc1)C(=O)O. The molecule has 0 unspecified atom stereocenters. The van der Waals surface area contributed by atoms with Crippen molar-refractivity contribution in [2.75, 3.05) is 6.54 Å². The standard InChI is InChI=1S/C14H17NO4/c16-12(17)14(8-4-10-15(14)13(18)19)9-7-11-5-2-1-3-6-11/h1-3,5-6H,4,7-10H2,(H,16,17)(H,18,19)/t14-/m0/s1. The van der Waals surface area contributed by atoms with Crippen LogP contribution in [0.2, 0.25) is 0 Å². The molecule has 0 aromatic heterocycles. The number of likely N-dealkylation sites (tertiary alicyclic amines) is 1. The van der Waals surface area contributed by atoms with Gasteiger partial charge in [0.1, 0.15) is 5.54 Å². The highest BCUT2D eigenvalue weighted by Gasteiger charge is 2.49. The van der Waals surface area contributed by atoms with Crippen LogP contribution in [0.3, 0.4) is 0 Å². The molecule has 0 aliphatic carbocycles. The molecule has 0 spiro atoms. The van der Waals surface area contributed by atoms with E-state index in [-0.39, 0.29) is 0 Å². The maximum atomic E-state index is 11.6. The number of amides is 1. The van der Waals surface area contributed by atoms with Gasteiger partial charge in [-0.25, -0.2) is 9.59 Å². The van der Waals surface area contributed by atoms with Crippen LogP contribution in [0.15, 0.2) is 30.3 Å². The average molecular weight is 263 g/mol. The molecule has 1 fully saturated rings. The number of aryl methyl sites for hydroxylation is 1. The van der Waals surface area contributed by atoms with Crippen LogP contribution >= 0.6 is 0 Å². The van der Waals surface area contributed by atoms with Gasteiger partial charge in [0.2, 0.25) is 0 Å². The van der Waals surface area contributed by atoms with Crippen LogP contribution < -0.4 is 0 Å². The van der Waals surface area contributed by atoms with Crippen molar-refractivity contribution in [3.63, 3.8) is 0 Å². The van der Waals surface area contributed by atoms with Crippen molar-refractivity contribution in [3.05, 3.63) is 35.9 Å². The number of hydrogen-bond acceptors (Lipinski definition) is 2. The molecule has 0 radical (unpaired) electrons. The van der Waals surface area contributed by atoms with E-state index in [1.165, 1.54) is 0 Å². The Hall–Kier alpha value is -2.04. The van der Waals surface area contributed by atoms with Gasteiger partial charge in [0.25, 0.3) is 0 Å². The third kappa shape index (κ3) is 2.54. The fourth-order valence-electron chi connectivity index (χ4n) is 2.74. The third-order valence-corrected chi connectivity index (χ3v) is 3.79. The van der Waals surface area contributed by atoms with E-state index in [0.29, 0.717) is 32.2 Å². The fourth-order valence-corrected chi connectivity index (χ4v) is 2.74. The molecule has 0 saturated carbocycles. The molecule has 0 bridgehead atoms. The first-order valence-corrected chi connectivity index (χ1v) is 6.34. The maximum Gasteiger partial charge on any atom is 0.408 e. The van der Waals surface area contributed by atoms with Gasteiger partial charge in [-0.15, -0.1) is 0 Å². The maximum absolute atomic E-state index is 11.6. The number of benzene rings is 1. The molecule has 1 atom stereocenters. The van der Waals surface area contributed by atoms with Crippen LogP contribution in [0.25, 0.3) is 0 Å². The zero-order valence-electron chi connectivity index (χ0n) is 10.6. The monoisotopic (exact) mass is 263 g/mol. The minimum absolute atomic E-state index is 0.302. The molecule has 1 saturated heterocycles. The molecule has 5 heteroatoms. The molecule has 102 valence electrons. The first-order valence-electron chi connectivity index (χ1n) is 6.34. The van der Waals surface area contributed by atoms with Gasteiger partial charge in [0.05, 0.1) is 0 Å². The molecule has 19 heavy (non-hydrogen) atoms. The number of rotatable bonds is 4. The highest BCUT2D eigenvalue weighted by atomic mass is 16.4. The van der Waals surface area contributed by atoms with Gasteiger partial charge >= 0.3 is 12.1 Å². The zero-order valence-corrected chi connectivity index (χ0v) is 10.6. The Morgan fingerprint density at radius 1 is 1.21 bits per heavy atom.